The van der Waals surface area contributed by atoms with E-state index in [-0.39, 0.29) is 35.5 Å². The number of allylic oxidation sites excluding steroid dienone is 3. The number of rotatable bonds is 2. The third kappa shape index (κ3) is 2.13. The minimum atomic E-state index is -0.252. The number of fused-ring (bicyclic) bond motifs is 1. The number of carbonyl (C=O) groups is 2. The SMILES string of the molecule is O=Cc1cc(O)c2c(c1)O[C@H](C1C=CC=CC1)CC2=O. The Bertz CT molecular complexity index is 628. The molecule has 0 saturated heterocycles. The van der Waals surface area contributed by atoms with Gasteiger partial charge in [0.1, 0.15) is 29.5 Å². The van der Waals surface area contributed by atoms with Crippen LogP contribution in [0, 0.1) is 5.92 Å². The van der Waals surface area contributed by atoms with Crippen molar-refractivity contribution in [2.45, 2.75) is 18.9 Å². The Hall–Kier alpha value is -2.36. The quantitative estimate of drug-likeness (QED) is 0.839. The normalized spacial score (nSPS) is 24.1. The first-order valence-corrected chi connectivity index (χ1v) is 6.54. The van der Waals surface area contributed by atoms with Gasteiger partial charge >= 0.3 is 0 Å². The third-order valence-electron chi connectivity index (χ3n) is 3.67. The number of benzene rings is 1. The molecule has 2 aliphatic rings. The molecule has 0 amide bonds. The number of phenols is 1. The summed E-state index contributed by atoms with van der Waals surface area (Å²) < 4.78 is 5.84. The molecule has 3 rings (SSSR count). The summed E-state index contributed by atoms with van der Waals surface area (Å²) in [5.74, 6) is 0.108. The zero-order valence-corrected chi connectivity index (χ0v) is 10.8. The van der Waals surface area contributed by atoms with Crippen LogP contribution in [0.5, 0.6) is 11.5 Å². The summed E-state index contributed by atoms with van der Waals surface area (Å²) in [4.78, 5) is 23.0. The number of aromatic hydroxyl groups is 1. The molecule has 1 unspecified atom stereocenters. The van der Waals surface area contributed by atoms with E-state index in [0.29, 0.717) is 17.6 Å². The highest BCUT2D eigenvalue weighted by molar-refractivity contribution is 6.03. The van der Waals surface area contributed by atoms with Crippen LogP contribution in [0.4, 0.5) is 0 Å². The molecule has 1 aliphatic carbocycles. The molecule has 4 nitrogen and oxygen atoms in total. The fourth-order valence-corrected chi connectivity index (χ4v) is 2.67. The smallest absolute Gasteiger partial charge is 0.174 e. The van der Waals surface area contributed by atoms with E-state index in [2.05, 4.69) is 0 Å². The first-order chi connectivity index (χ1) is 9.69. The van der Waals surface area contributed by atoms with Gasteiger partial charge in [-0.05, 0) is 18.6 Å². The molecule has 1 aromatic carbocycles. The van der Waals surface area contributed by atoms with Crippen LogP contribution in [0.25, 0.3) is 0 Å². The van der Waals surface area contributed by atoms with Crippen LogP contribution in [0.3, 0.4) is 0 Å². The van der Waals surface area contributed by atoms with Gasteiger partial charge in [-0.15, -0.1) is 0 Å². The van der Waals surface area contributed by atoms with E-state index in [9.17, 15) is 14.7 Å². The summed E-state index contributed by atoms with van der Waals surface area (Å²) in [6, 6.07) is 2.80. The van der Waals surface area contributed by atoms with Crippen LogP contribution >= 0.6 is 0 Å². The fraction of sp³-hybridized carbons (Fsp3) is 0.250. The number of ketones is 1. The van der Waals surface area contributed by atoms with E-state index in [1.807, 2.05) is 24.3 Å². The van der Waals surface area contributed by atoms with E-state index >= 15 is 0 Å². The Morgan fingerprint density at radius 3 is 2.85 bits per heavy atom. The van der Waals surface area contributed by atoms with E-state index in [1.54, 1.807) is 0 Å². The minimum Gasteiger partial charge on any atom is -0.507 e. The topological polar surface area (TPSA) is 63.6 Å². The van der Waals surface area contributed by atoms with E-state index < -0.39 is 0 Å². The molecule has 0 aromatic heterocycles. The molecular formula is C16H14O4. The standard InChI is InChI=1S/C16H14O4/c17-9-10-6-12(18)16-13(19)8-14(20-15(16)7-10)11-4-2-1-3-5-11/h1-4,6-7,9,11,14,18H,5,8H2/t11?,14-/m0/s1. The number of hydrogen-bond acceptors (Lipinski definition) is 4. The summed E-state index contributed by atoms with van der Waals surface area (Å²) >= 11 is 0. The average molecular weight is 270 g/mol. The molecule has 1 N–H and O–H groups in total. The van der Waals surface area contributed by atoms with Crippen molar-refractivity contribution in [1.82, 2.24) is 0 Å². The van der Waals surface area contributed by atoms with Crippen molar-refractivity contribution in [1.29, 1.82) is 0 Å². The summed E-state index contributed by atoms with van der Waals surface area (Å²) in [5, 5.41) is 9.85. The second kappa shape index (κ2) is 4.96. The molecule has 20 heavy (non-hydrogen) atoms. The van der Waals surface area contributed by atoms with Gasteiger partial charge in [0.05, 0.1) is 0 Å². The van der Waals surface area contributed by atoms with Crippen molar-refractivity contribution in [2.75, 3.05) is 0 Å². The fourth-order valence-electron chi connectivity index (χ4n) is 2.67. The molecule has 0 radical (unpaired) electrons. The molecular weight excluding hydrogens is 256 g/mol. The van der Waals surface area contributed by atoms with Gasteiger partial charge in [0.2, 0.25) is 0 Å². The molecule has 0 saturated carbocycles. The lowest BCUT2D eigenvalue weighted by atomic mass is 9.88. The van der Waals surface area contributed by atoms with E-state index in [0.717, 1.165) is 6.42 Å². The van der Waals surface area contributed by atoms with Crippen molar-refractivity contribution < 1.29 is 19.4 Å². The van der Waals surface area contributed by atoms with E-state index in [1.165, 1.54) is 12.1 Å². The maximum absolute atomic E-state index is 12.2. The number of carbonyl (C=O) groups excluding carboxylic acids is 2. The highest BCUT2D eigenvalue weighted by Crippen LogP contribution is 2.37. The highest BCUT2D eigenvalue weighted by Gasteiger charge is 2.33. The zero-order chi connectivity index (χ0) is 14.1. The second-order valence-electron chi connectivity index (χ2n) is 5.03. The number of ether oxygens (including phenoxy) is 1. The van der Waals surface area contributed by atoms with Crippen molar-refractivity contribution in [3.8, 4) is 11.5 Å². The number of phenolic OH excluding ortho intramolecular Hbond substituents is 1. The molecule has 0 spiro atoms. The lowest BCUT2D eigenvalue weighted by molar-refractivity contribution is 0.0777. The van der Waals surface area contributed by atoms with Crippen LogP contribution < -0.4 is 4.74 Å². The predicted octanol–water partition coefficient (Wildman–Crippen LogP) is 2.67. The van der Waals surface area contributed by atoms with E-state index in [4.69, 9.17) is 4.74 Å². The van der Waals surface area contributed by atoms with Crippen molar-refractivity contribution in [2.24, 2.45) is 5.92 Å². The van der Waals surface area contributed by atoms with Gasteiger partial charge in [0, 0.05) is 17.9 Å². The van der Waals surface area contributed by atoms with Crippen LogP contribution in [0.2, 0.25) is 0 Å². The summed E-state index contributed by atoms with van der Waals surface area (Å²) in [6.45, 7) is 0. The molecule has 0 fully saturated rings. The first-order valence-electron chi connectivity index (χ1n) is 6.54. The molecule has 1 heterocycles. The van der Waals surface area contributed by atoms with Gasteiger partial charge in [0.25, 0.3) is 0 Å². The van der Waals surface area contributed by atoms with Crippen molar-refractivity contribution in [3.63, 3.8) is 0 Å². The first kappa shape index (κ1) is 12.7. The number of hydrogen-bond donors (Lipinski definition) is 1. The van der Waals surface area contributed by atoms with Crippen molar-refractivity contribution >= 4 is 12.1 Å². The number of Topliss-reactive ketones (excluding diaryl/α,β-unsaturated/α-hetero) is 1. The zero-order valence-electron chi connectivity index (χ0n) is 10.8. The Kier molecular flexibility index (Phi) is 3.14. The van der Waals surface area contributed by atoms with Gasteiger partial charge in [-0.2, -0.15) is 0 Å². The second-order valence-corrected chi connectivity index (χ2v) is 5.03. The van der Waals surface area contributed by atoms with Crippen LogP contribution in [-0.4, -0.2) is 23.3 Å². The van der Waals surface area contributed by atoms with Gasteiger partial charge in [-0.3, -0.25) is 9.59 Å². The van der Waals surface area contributed by atoms with Crippen LogP contribution in [-0.2, 0) is 0 Å². The highest BCUT2D eigenvalue weighted by atomic mass is 16.5. The summed E-state index contributed by atoms with van der Waals surface area (Å²) in [7, 11) is 0. The monoisotopic (exact) mass is 270 g/mol. The molecule has 102 valence electrons. The maximum Gasteiger partial charge on any atom is 0.174 e. The molecule has 4 heteroatoms. The number of aldehydes is 1. The molecule has 1 aromatic rings. The van der Waals surface area contributed by atoms with Gasteiger partial charge in [-0.25, -0.2) is 0 Å². The molecule has 1 aliphatic heterocycles. The minimum absolute atomic E-state index is 0.138. The third-order valence-corrected chi connectivity index (χ3v) is 3.67. The van der Waals surface area contributed by atoms with Crippen LogP contribution in [0.15, 0.2) is 36.4 Å². The lowest BCUT2D eigenvalue weighted by Gasteiger charge is -2.30. The van der Waals surface area contributed by atoms with Crippen LogP contribution in [0.1, 0.15) is 33.6 Å². The Morgan fingerprint density at radius 1 is 1.30 bits per heavy atom. The molecule has 0 bridgehead atoms. The average Bonchev–Trinajstić information content (AvgIpc) is 2.47. The van der Waals surface area contributed by atoms with Gasteiger partial charge in [-0.1, -0.05) is 24.3 Å². The summed E-state index contributed by atoms with van der Waals surface area (Å²) in [6.07, 6.45) is 9.40. The Morgan fingerprint density at radius 2 is 2.15 bits per heavy atom. The Balaban J connectivity index is 1.95. The van der Waals surface area contributed by atoms with Crippen molar-refractivity contribution in [3.05, 3.63) is 47.6 Å². The molecule has 2 atom stereocenters. The Labute approximate surface area is 116 Å². The maximum atomic E-state index is 12.2. The van der Waals surface area contributed by atoms with Gasteiger partial charge < -0.3 is 9.84 Å². The summed E-state index contributed by atoms with van der Waals surface area (Å²) in [5.41, 5.74) is 0.482. The predicted molar refractivity (Wildman–Crippen MR) is 73.2 cm³/mol. The van der Waals surface area contributed by atoms with Gasteiger partial charge in [0.15, 0.2) is 5.78 Å². The lowest BCUT2D eigenvalue weighted by Crippen LogP contribution is -2.33. The largest absolute Gasteiger partial charge is 0.507 e.